The number of benzene rings is 1. The number of nitrogens with zero attached hydrogens (tertiary/aromatic N) is 2. The average molecular weight is 378 g/mol. The maximum Gasteiger partial charge on any atom is 0.227 e. The van der Waals surface area contributed by atoms with Crippen molar-refractivity contribution in [3.63, 3.8) is 0 Å². The van der Waals surface area contributed by atoms with Crippen molar-refractivity contribution < 1.29 is 17.6 Å². The SMILES string of the molecule is Cc1ccc2c(CC(=O)N(CCN(C)C)C3CCS(=O)(=O)C3)coc2c1. The van der Waals surface area contributed by atoms with E-state index in [2.05, 4.69) is 0 Å². The molecule has 0 aliphatic carbocycles. The van der Waals surface area contributed by atoms with Crippen LogP contribution >= 0.6 is 0 Å². The summed E-state index contributed by atoms with van der Waals surface area (Å²) in [4.78, 5) is 16.8. The zero-order chi connectivity index (χ0) is 18.9. The highest BCUT2D eigenvalue weighted by Gasteiger charge is 2.34. The summed E-state index contributed by atoms with van der Waals surface area (Å²) in [6, 6.07) is 5.70. The van der Waals surface area contributed by atoms with Gasteiger partial charge in [0.25, 0.3) is 0 Å². The smallest absolute Gasteiger partial charge is 0.227 e. The fourth-order valence-corrected chi connectivity index (χ4v) is 5.16. The third-order valence-corrected chi connectivity index (χ3v) is 6.66. The Morgan fingerprint density at radius 1 is 1.27 bits per heavy atom. The highest BCUT2D eigenvalue weighted by atomic mass is 32.2. The zero-order valence-corrected chi connectivity index (χ0v) is 16.4. The molecule has 1 amide bonds. The van der Waals surface area contributed by atoms with Gasteiger partial charge in [-0.15, -0.1) is 0 Å². The minimum Gasteiger partial charge on any atom is -0.464 e. The van der Waals surface area contributed by atoms with Crippen LogP contribution in [0.2, 0.25) is 0 Å². The number of furan rings is 1. The summed E-state index contributed by atoms with van der Waals surface area (Å²) in [6.07, 6.45) is 2.38. The summed E-state index contributed by atoms with van der Waals surface area (Å²) in [5.41, 5.74) is 2.73. The Balaban J connectivity index is 1.79. The summed E-state index contributed by atoms with van der Waals surface area (Å²) < 4.78 is 29.3. The quantitative estimate of drug-likeness (QED) is 0.767. The molecule has 2 heterocycles. The lowest BCUT2D eigenvalue weighted by Crippen LogP contribution is -2.45. The van der Waals surface area contributed by atoms with E-state index in [4.69, 9.17) is 4.42 Å². The van der Waals surface area contributed by atoms with Gasteiger partial charge in [0.1, 0.15) is 5.58 Å². The number of aryl methyl sites for hydroxylation is 1. The van der Waals surface area contributed by atoms with Crippen LogP contribution in [0.15, 0.2) is 28.9 Å². The van der Waals surface area contributed by atoms with E-state index >= 15 is 0 Å². The van der Waals surface area contributed by atoms with Crippen molar-refractivity contribution in [2.24, 2.45) is 0 Å². The van der Waals surface area contributed by atoms with Crippen molar-refractivity contribution in [1.29, 1.82) is 0 Å². The first-order valence-electron chi connectivity index (χ1n) is 8.86. The number of likely N-dealkylation sites (N-methyl/N-ethyl adjacent to an activating group) is 1. The minimum absolute atomic E-state index is 0.0442. The maximum absolute atomic E-state index is 13.0. The molecule has 1 aliphatic rings. The van der Waals surface area contributed by atoms with Crippen LogP contribution < -0.4 is 0 Å². The zero-order valence-electron chi connectivity index (χ0n) is 15.6. The van der Waals surface area contributed by atoms with Crippen LogP contribution in [-0.2, 0) is 21.1 Å². The first kappa shape index (κ1) is 18.9. The monoisotopic (exact) mass is 378 g/mol. The van der Waals surface area contributed by atoms with Gasteiger partial charge >= 0.3 is 0 Å². The van der Waals surface area contributed by atoms with Crippen molar-refractivity contribution in [3.05, 3.63) is 35.6 Å². The van der Waals surface area contributed by atoms with E-state index in [1.807, 2.05) is 44.1 Å². The number of sulfone groups is 1. The Bertz CT molecular complexity index is 901. The second kappa shape index (κ2) is 7.40. The Morgan fingerprint density at radius 2 is 2.04 bits per heavy atom. The van der Waals surface area contributed by atoms with E-state index in [1.165, 1.54) is 0 Å². The average Bonchev–Trinajstić information content (AvgIpc) is 3.10. The fraction of sp³-hybridized carbons (Fsp3) is 0.526. The molecule has 26 heavy (non-hydrogen) atoms. The number of fused-ring (bicyclic) bond motifs is 1. The fourth-order valence-electron chi connectivity index (χ4n) is 3.43. The van der Waals surface area contributed by atoms with E-state index in [1.54, 1.807) is 11.2 Å². The molecule has 3 rings (SSSR count). The second-order valence-corrected chi connectivity index (χ2v) is 9.61. The van der Waals surface area contributed by atoms with Crippen molar-refractivity contribution in [1.82, 2.24) is 9.80 Å². The van der Waals surface area contributed by atoms with E-state index in [0.29, 0.717) is 19.5 Å². The van der Waals surface area contributed by atoms with E-state index < -0.39 is 9.84 Å². The molecule has 1 fully saturated rings. The molecule has 1 aromatic heterocycles. The van der Waals surface area contributed by atoms with Crippen LogP contribution in [0.1, 0.15) is 17.5 Å². The summed E-state index contributed by atoms with van der Waals surface area (Å²) in [5, 5.41) is 0.940. The molecule has 7 heteroatoms. The van der Waals surface area contributed by atoms with Crippen LogP contribution in [0.4, 0.5) is 0 Å². The number of amides is 1. The Morgan fingerprint density at radius 3 is 2.69 bits per heavy atom. The third-order valence-electron chi connectivity index (χ3n) is 4.91. The van der Waals surface area contributed by atoms with Crippen molar-refractivity contribution >= 4 is 26.7 Å². The van der Waals surface area contributed by atoms with Gasteiger partial charge in [-0.1, -0.05) is 12.1 Å². The van der Waals surface area contributed by atoms with Gasteiger partial charge in [0, 0.05) is 30.1 Å². The number of carbonyl (C=O) groups excluding carboxylic acids is 1. The van der Waals surface area contributed by atoms with Gasteiger partial charge < -0.3 is 14.2 Å². The molecule has 0 spiro atoms. The molecule has 1 saturated heterocycles. The molecule has 2 aromatic rings. The molecular weight excluding hydrogens is 352 g/mol. The molecule has 0 N–H and O–H groups in total. The van der Waals surface area contributed by atoms with Crippen molar-refractivity contribution in [2.45, 2.75) is 25.8 Å². The number of carbonyl (C=O) groups is 1. The standard InChI is InChI=1S/C19H26N2O4S/c1-14-4-5-17-15(12-25-18(17)10-14)11-19(22)21(8-7-20(2)3)16-6-9-26(23,24)13-16/h4-5,10,12,16H,6-9,11,13H2,1-3H3. The van der Waals surface area contributed by atoms with Gasteiger partial charge in [-0.2, -0.15) is 0 Å². The predicted molar refractivity (Wildman–Crippen MR) is 102 cm³/mol. The Hall–Kier alpha value is -1.86. The van der Waals surface area contributed by atoms with Crippen LogP contribution in [0, 0.1) is 6.92 Å². The first-order chi connectivity index (χ1) is 12.2. The van der Waals surface area contributed by atoms with Gasteiger partial charge in [0.2, 0.25) is 5.91 Å². The van der Waals surface area contributed by atoms with Crippen molar-refractivity contribution in [2.75, 3.05) is 38.7 Å². The highest BCUT2D eigenvalue weighted by molar-refractivity contribution is 7.91. The van der Waals surface area contributed by atoms with Gasteiger partial charge in [-0.3, -0.25) is 4.79 Å². The van der Waals surface area contributed by atoms with E-state index in [9.17, 15) is 13.2 Å². The van der Waals surface area contributed by atoms with Crippen LogP contribution in [-0.4, -0.2) is 68.9 Å². The third kappa shape index (κ3) is 4.27. The van der Waals surface area contributed by atoms with Crippen molar-refractivity contribution in [3.8, 4) is 0 Å². The Kier molecular flexibility index (Phi) is 5.39. The predicted octanol–water partition coefficient (Wildman–Crippen LogP) is 1.86. The van der Waals surface area contributed by atoms with Crippen LogP contribution in [0.5, 0.6) is 0 Å². The van der Waals surface area contributed by atoms with Gasteiger partial charge in [0.05, 0.1) is 24.2 Å². The van der Waals surface area contributed by atoms with Gasteiger partial charge in [-0.05, 0) is 39.1 Å². The molecule has 0 saturated carbocycles. The number of hydrogen-bond acceptors (Lipinski definition) is 5. The molecule has 1 atom stereocenters. The summed E-state index contributed by atoms with van der Waals surface area (Å²) in [6.45, 7) is 3.23. The molecule has 1 unspecified atom stereocenters. The molecule has 0 radical (unpaired) electrons. The number of rotatable bonds is 6. The normalized spacial score (nSPS) is 19.3. The highest BCUT2D eigenvalue weighted by Crippen LogP contribution is 2.24. The van der Waals surface area contributed by atoms with E-state index in [-0.39, 0.29) is 29.9 Å². The molecule has 0 bridgehead atoms. The second-order valence-electron chi connectivity index (χ2n) is 7.38. The lowest BCUT2D eigenvalue weighted by molar-refractivity contribution is -0.132. The number of hydrogen-bond donors (Lipinski definition) is 0. The topological polar surface area (TPSA) is 70.8 Å². The van der Waals surface area contributed by atoms with E-state index in [0.717, 1.165) is 22.1 Å². The largest absolute Gasteiger partial charge is 0.464 e. The molecule has 142 valence electrons. The lowest BCUT2D eigenvalue weighted by atomic mass is 10.1. The molecule has 6 nitrogen and oxygen atoms in total. The minimum atomic E-state index is -3.04. The molecule has 1 aromatic carbocycles. The maximum atomic E-state index is 13.0. The summed E-state index contributed by atoms with van der Waals surface area (Å²) in [7, 11) is 0.849. The lowest BCUT2D eigenvalue weighted by Gasteiger charge is -2.29. The first-order valence-corrected chi connectivity index (χ1v) is 10.7. The van der Waals surface area contributed by atoms with Gasteiger partial charge in [0.15, 0.2) is 9.84 Å². The van der Waals surface area contributed by atoms with Gasteiger partial charge in [-0.25, -0.2) is 8.42 Å². The summed E-state index contributed by atoms with van der Waals surface area (Å²) >= 11 is 0. The van der Waals surface area contributed by atoms with Crippen LogP contribution in [0.25, 0.3) is 11.0 Å². The van der Waals surface area contributed by atoms with Crippen LogP contribution in [0.3, 0.4) is 0 Å². The molecular formula is C19H26N2O4S. The molecule has 1 aliphatic heterocycles. The Labute approximate surface area is 154 Å². The summed E-state index contributed by atoms with van der Waals surface area (Å²) in [5.74, 6) is 0.187.